The Morgan fingerprint density at radius 2 is 1.31 bits per heavy atom. The summed E-state index contributed by atoms with van der Waals surface area (Å²) in [6, 6.07) is 0. The van der Waals surface area contributed by atoms with Crippen molar-refractivity contribution in [2.75, 3.05) is 22.9 Å². The molecule has 14 nitrogen and oxygen atoms in total. The molecule has 0 unspecified atom stereocenters. The summed E-state index contributed by atoms with van der Waals surface area (Å²) in [5.74, 6) is 0.442. The Kier molecular flexibility index (Phi) is 6.46. The number of aliphatic hydroxyl groups excluding tert-OH is 2. The van der Waals surface area contributed by atoms with Gasteiger partial charge in [-0.25, -0.2) is 19.9 Å². The van der Waals surface area contributed by atoms with Crippen LogP contribution in [0, 0.1) is 0 Å². The van der Waals surface area contributed by atoms with Crippen molar-refractivity contribution in [2.45, 2.75) is 26.1 Å². The van der Waals surface area contributed by atoms with Gasteiger partial charge in [-0.3, -0.25) is 0 Å². The molecule has 2 atom stereocenters. The third-order valence-electron chi connectivity index (χ3n) is 4.04. The second-order valence-electron chi connectivity index (χ2n) is 6.55. The fourth-order valence-corrected chi connectivity index (χ4v) is 2.56. The van der Waals surface area contributed by atoms with E-state index in [1.165, 1.54) is 13.1 Å². The van der Waals surface area contributed by atoms with Crippen molar-refractivity contribution in [1.29, 1.82) is 0 Å². The van der Waals surface area contributed by atoms with E-state index >= 15 is 0 Å². The fraction of sp³-hybridized carbons (Fsp3) is 0.222. The van der Waals surface area contributed by atoms with Crippen molar-refractivity contribution < 1.29 is 10.2 Å². The molecule has 0 fully saturated rings. The van der Waals surface area contributed by atoms with E-state index in [1.54, 1.807) is 6.20 Å². The van der Waals surface area contributed by atoms with Crippen molar-refractivity contribution in [3.63, 3.8) is 0 Å². The summed E-state index contributed by atoms with van der Waals surface area (Å²) in [6.45, 7) is 3.34. The maximum atomic E-state index is 9.64. The number of nitrogen functional groups attached to an aromatic ring is 4. The van der Waals surface area contributed by atoms with Crippen molar-refractivity contribution in [2.24, 2.45) is 0 Å². The monoisotopic (exact) mass is 438 g/mol. The van der Waals surface area contributed by atoms with Gasteiger partial charge in [-0.05, 0) is 19.9 Å². The zero-order chi connectivity index (χ0) is 23.4. The summed E-state index contributed by atoms with van der Waals surface area (Å²) >= 11 is 0. The van der Waals surface area contributed by atoms with Crippen molar-refractivity contribution in [1.82, 2.24) is 39.9 Å². The third kappa shape index (κ3) is 4.88. The van der Waals surface area contributed by atoms with Gasteiger partial charge in [0, 0.05) is 0 Å². The number of nitrogens with two attached hydrogens (primary N) is 4. The Hall–Kier alpha value is -4.30. The molecule has 0 spiro atoms. The van der Waals surface area contributed by atoms with Crippen LogP contribution in [-0.2, 0) is 0 Å². The summed E-state index contributed by atoms with van der Waals surface area (Å²) in [7, 11) is 0. The molecule has 4 heterocycles. The van der Waals surface area contributed by atoms with Gasteiger partial charge < -0.3 is 33.1 Å². The van der Waals surface area contributed by atoms with Crippen molar-refractivity contribution in [3.05, 3.63) is 29.9 Å². The van der Waals surface area contributed by atoms with E-state index in [1.807, 2.05) is 19.1 Å². The molecule has 166 valence electrons. The van der Waals surface area contributed by atoms with Gasteiger partial charge in [0.2, 0.25) is 11.9 Å². The lowest BCUT2D eigenvalue weighted by Crippen LogP contribution is -2.16. The predicted octanol–water partition coefficient (Wildman–Crippen LogP) is -0.384. The van der Waals surface area contributed by atoms with E-state index in [9.17, 15) is 10.2 Å². The van der Waals surface area contributed by atoms with E-state index < -0.39 is 12.2 Å². The van der Waals surface area contributed by atoms with Crippen LogP contribution in [0.15, 0.2) is 18.5 Å². The standard InChI is InChI=1S/C9H12N6O2.C9H10N6/c1-3(16)6(17)4-2-12-8-5(13-4)7(10)14-9(11)15-8;1-2-3-5-4-12-8-6(13-5)7(10)14-9(11)15-8/h2-3,6,16-17H,1H3,(H4,10,11,12,14,15);2-4H,1H3,(H4,10,11,12,14,15)/b;3-2-/t3-,6-;/m0./s1. The first-order valence-electron chi connectivity index (χ1n) is 9.29. The summed E-state index contributed by atoms with van der Waals surface area (Å²) < 4.78 is 0. The van der Waals surface area contributed by atoms with Crippen LogP contribution in [0.1, 0.15) is 31.3 Å². The Morgan fingerprint density at radius 1 is 0.781 bits per heavy atom. The fourth-order valence-electron chi connectivity index (χ4n) is 2.56. The molecule has 4 aromatic heterocycles. The number of nitrogens with zero attached hydrogens (tertiary/aromatic N) is 8. The van der Waals surface area contributed by atoms with E-state index in [4.69, 9.17) is 22.9 Å². The van der Waals surface area contributed by atoms with Gasteiger partial charge in [0.1, 0.15) is 6.10 Å². The lowest BCUT2D eigenvalue weighted by atomic mass is 10.2. The van der Waals surface area contributed by atoms with Gasteiger partial charge in [-0.1, -0.05) is 6.08 Å². The number of anilines is 4. The van der Waals surface area contributed by atoms with E-state index in [0.717, 1.165) is 0 Å². The normalized spacial score (nSPS) is 13.1. The number of hydrogen-bond donors (Lipinski definition) is 6. The molecule has 4 aromatic rings. The van der Waals surface area contributed by atoms with E-state index in [2.05, 4.69) is 39.9 Å². The molecule has 0 aliphatic carbocycles. The van der Waals surface area contributed by atoms with Crippen LogP contribution in [0.25, 0.3) is 28.4 Å². The summed E-state index contributed by atoms with van der Waals surface area (Å²) in [4.78, 5) is 31.7. The van der Waals surface area contributed by atoms with Crippen LogP contribution >= 0.6 is 0 Å². The number of allylic oxidation sites excluding steroid dienone is 1. The second kappa shape index (κ2) is 9.23. The van der Waals surface area contributed by atoms with Crippen LogP contribution in [-0.4, -0.2) is 56.2 Å². The van der Waals surface area contributed by atoms with Crippen LogP contribution in [0.4, 0.5) is 23.5 Å². The Labute approximate surface area is 181 Å². The average molecular weight is 438 g/mol. The Balaban J connectivity index is 0.000000182. The molecule has 0 saturated carbocycles. The summed E-state index contributed by atoms with van der Waals surface area (Å²) in [6.07, 6.45) is 4.51. The largest absolute Gasteiger partial charge is 0.390 e. The summed E-state index contributed by atoms with van der Waals surface area (Å²) in [5, 5.41) is 18.9. The smallest absolute Gasteiger partial charge is 0.224 e. The lowest BCUT2D eigenvalue weighted by molar-refractivity contribution is 0.0278. The maximum absolute atomic E-state index is 9.64. The second-order valence-corrected chi connectivity index (χ2v) is 6.55. The quantitative estimate of drug-likeness (QED) is 0.238. The summed E-state index contributed by atoms with van der Waals surface area (Å²) in [5.41, 5.74) is 24.4. The van der Waals surface area contributed by atoms with Crippen LogP contribution in [0.2, 0.25) is 0 Å². The molecule has 0 aliphatic heterocycles. The van der Waals surface area contributed by atoms with Crippen LogP contribution in [0.5, 0.6) is 0 Å². The zero-order valence-electron chi connectivity index (χ0n) is 17.2. The van der Waals surface area contributed by atoms with Crippen LogP contribution in [0.3, 0.4) is 0 Å². The molecule has 0 radical (unpaired) electrons. The molecule has 32 heavy (non-hydrogen) atoms. The number of hydrogen-bond acceptors (Lipinski definition) is 14. The highest BCUT2D eigenvalue weighted by atomic mass is 16.3. The Morgan fingerprint density at radius 3 is 1.84 bits per heavy atom. The number of rotatable bonds is 3. The number of aromatic nitrogens is 8. The molecule has 0 saturated heterocycles. The Bertz CT molecular complexity index is 1290. The first kappa shape index (κ1) is 22.4. The minimum atomic E-state index is -1.14. The van der Waals surface area contributed by atoms with E-state index in [0.29, 0.717) is 16.9 Å². The van der Waals surface area contributed by atoms with E-state index in [-0.39, 0.29) is 40.4 Å². The molecule has 0 aromatic carbocycles. The van der Waals surface area contributed by atoms with Gasteiger partial charge >= 0.3 is 0 Å². The molecule has 14 heteroatoms. The molecule has 0 bridgehead atoms. The average Bonchev–Trinajstić information content (AvgIpc) is 2.74. The third-order valence-corrected chi connectivity index (χ3v) is 4.04. The zero-order valence-corrected chi connectivity index (χ0v) is 17.2. The van der Waals surface area contributed by atoms with Crippen molar-refractivity contribution >= 4 is 51.9 Å². The van der Waals surface area contributed by atoms with Crippen LogP contribution < -0.4 is 22.9 Å². The molecular formula is C18H22N12O2. The highest BCUT2D eigenvalue weighted by Gasteiger charge is 2.17. The minimum absolute atomic E-state index is 0.00752. The topological polar surface area (TPSA) is 248 Å². The predicted molar refractivity (Wildman–Crippen MR) is 119 cm³/mol. The highest BCUT2D eigenvalue weighted by molar-refractivity contribution is 5.82. The number of fused-ring (bicyclic) bond motifs is 2. The minimum Gasteiger partial charge on any atom is -0.390 e. The molecule has 10 N–H and O–H groups in total. The molecule has 0 amide bonds. The van der Waals surface area contributed by atoms with Gasteiger partial charge in [0.25, 0.3) is 0 Å². The molecule has 0 aliphatic rings. The number of aliphatic hydroxyl groups is 2. The lowest BCUT2D eigenvalue weighted by Gasteiger charge is -2.12. The molecular weight excluding hydrogens is 416 g/mol. The van der Waals surface area contributed by atoms with Gasteiger partial charge in [-0.2, -0.15) is 19.9 Å². The van der Waals surface area contributed by atoms with Crippen molar-refractivity contribution in [3.8, 4) is 0 Å². The van der Waals surface area contributed by atoms with Gasteiger partial charge in [0.15, 0.2) is 34.0 Å². The highest BCUT2D eigenvalue weighted by Crippen LogP contribution is 2.19. The first-order valence-corrected chi connectivity index (χ1v) is 9.29. The first-order chi connectivity index (χ1) is 15.2. The maximum Gasteiger partial charge on any atom is 0.224 e. The SMILES string of the molecule is C/C=C\c1cnc2nc(N)nc(N)c2n1.C[C@H](O)[C@H](O)c1cnc2nc(N)nc(N)c2n1. The van der Waals surface area contributed by atoms with Gasteiger partial charge in [0.05, 0.1) is 29.9 Å². The molecule has 4 rings (SSSR count). The van der Waals surface area contributed by atoms with Gasteiger partial charge in [-0.15, -0.1) is 0 Å².